The molecule has 0 aromatic rings. The van der Waals surface area contributed by atoms with Gasteiger partial charge in [-0.3, -0.25) is 0 Å². The van der Waals surface area contributed by atoms with Gasteiger partial charge in [0.1, 0.15) is 0 Å². The Labute approximate surface area is 99.4 Å². The second-order valence-electron chi connectivity index (χ2n) is 5.60. The first-order valence-corrected chi connectivity index (χ1v) is 7.07. The maximum atomic E-state index is 10.1. The molecule has 0 aliphatic heterocycles. The van der Waals surface area contributed by atoms with Crippen LogP contribution in [-0.2, 0) is 4.74 Å². The number of hydrogen-bond donors (Lipinski definition) is 1. The predicted octanol–water partition coefficient (Wildman–Crippen LogP) is 2.99. The zero-order chi connectivity index (χ0) is 11.4. The zero-order valence-electron chi connectivity index (χ0n) is 10.5. The van der Waals surface area contributed by atoms with Gasteiger partial charge in [0, 0.05) is 6.61 Å². The second kappa shape index (κ2) is 6.02. The van der Waals surface area contributed by atoms with Gasteiger partial charge in [-0.2, -0.15) is 0 Å². The molecular weight excluding hydrogens is 200 g/mol. The molecule has 4 unspecified atom stereocenters. The molecule has 0 aromatic heterocycles. The summed E-state index contributed by atoms with van der Waals surface area (Å²) in [6.45, 7) is 3.25. The van der Waals surface area contributed by atoms with Crippen molar-refractivity contribution in [2.24, 2.45) is 17.8 Å². The summed E-state index contributed by atoms with van der Waals surface area (Å²) >= 11 is 0. The molecule has 0 bridgehead atoms. The van der Waals surface area contributed by atoms with E-state index in [1.165, 1.54) is 44.9 Å². The molecule has 0 amide bonds. The largest absolute Gasteiger partial charge is 0.390 e. The van der Waals surface area contributed by atoms with Crippen LogP contribution in [-0.4, -0.2) is 24.4 Å². The Morgan fingerprint density at radius 1 is 1.12 bits per heavy atom. The van der Waals surface area contributed by atoms with Gasteiger partial charge >= 0.3 is 0 Å². The van der Waals surface area contributed by atoms with Gasteiger partial charge < -0.3 is 9.84 Å². The highest BCUT2D eigenvalue weighted by molar-refractivity contribution is 4.85. The third-order valence-corrected chi connectivity index (χ3v) is 4.62. The number of ether oxygens (including phenoxy) is 1. The summed E-state index contributed by atoms with van der Waals surface area (Å²) in [4.78, 5) is 0. The quantitative estimate of drug-likeness (QED) is 0.798. The molecule has 2 aliphatic rings. The van der Waals surface area contributed by atoms with Gasteiger partial charge in [-0.05, 0) is 43.9 Å². The van der Waals surface area contributed by atoms with E-state index in [0.29, 0.717) is 12.5 Å². The molecule has 2 rings (SSSR count). The van der Waals surface area contributed by atoms with E-state index in [1.54, 1.807) is 0 Å². The predicted molar refractivity (Wildman–Crippen MR) is 65.3 cm³/mol. The molecule has 0 aromatic carbocycles. The Kier molecular flexibility index (Phi) is 4.66. The Bertz CT molecular complexity index is 205. The molecule has 4 atom stereocenters. The van der Waals surface area contributed by atoms with Crippen molar-refractivity contribution in [1.82, 2.24) is 0 Å². The summed E-state index contributed by atoms with van der Waals surface area (Å²) in [7, 11) is 0. The molecule has 16 heavy (non-hydrogen) atoms. The monoisotopic (exact) mass is 226 g/mol. The first kappa shape index (κ1) is 12.4. The van der Waals surface area contributed by atoms with E-state index in [9.17, 15) is 5.11 Å². The van der Waals surface area contributed by atoms with E-state index in [2.05, 4.69) is 0 Å². The van der Waals surface area contributed by atoms with Gasteiger partial charge in [0.05, 0.1) is 12.7 Å². The van der Waals surface area contributed by atoms with E-state index >= 15 is 0 Å². The van der Waals surface area contributed by atoms with Gasteiger partial charge in [-0.1, -0.05) is 25.7 Å². The number of aliphatic hydroxyl groups excluding tert-OH is 1. The number of rotatable bonds is 4. The van der Waals surface area contributed by atoms with Crippen LogP contribution in [0.1, 0.15) is 51.9 Å². The molecule has 0 radical (unpaired) electrons. The molecule has 0 saturated heterocycles. The van der Waals surface area contributed by atoms with Crippen LogP contribution in [0.2, 0.25) is 0 Å². The zero-order valence-corrected chi connectivity index (χ0v) is 10.5. The standard InChI is InChI=1S/C14H26O2/c1-2-16-10-14(15)13-8-7-11-5-3-4-6-12(11)9-13/h11-15H,2-10H2,1H3. The van der Waals surface area contributed by atoms with E-state index in [-0.39, 0.29) is 6.10 Å². The second-order valence-corrected chi connectivity index (χ2v) is 5.60. The van der Waals surface area contributed by atoms with Crippen LogP contribution in [0.3, 0.4) is 0 Å². The Morgan fingerprint density at radius 3 is 2.62 bits per heavy atom. The summed E-state index contributed by atoms with van der Waals surface area (Å²) in [5.74, 6) is 2.39. The van der Waals surface area contributed by atoms with Gasteiger partial charge in [0.15, 0.2) is 0 Å². The molecule has 2 saturated carbocycles. The topological polar surface area (TPSA) is 29.5 Å². The van der Waals surface area contributed by atoms with Crippen molar-refractivity contribution in [3.8, 4) is 0 Å². The van der Waals surface area contributed by atoms with Gasteiger partial charge in [-0.15, -0.1) is 0 Å². The highest BCUT2D eigenvalue weighted by atomic mass is 16.5. The molecule has 0 spiro atoms. The minimum absolute atomic E-state index is 0.220. The third kappa shape index (κ3) is 2.98. The van der Waals surface area contributed by atoms with E-state index in [4.69, 9.17) is 4.74 Å². The molecule has 2 heteroatoms. The number of hydrogen-bond acceptors (Lipinski definition) is 2. The van der Waals surface area contributed by atoms with Crippen LogP contribution >= 0.6 is 0 Å². The van der Waals surface area contributed by atoms with Crippen LogP contribution < -0.4 is 0 Å². The van der Waals surface area contributed by atoms with Gasteiger partial charge in [0.2, 0.25) is 0 Å². The lowest BCUT2D eigenvalue weighted by molar-refractivity contribution is -0.0205. The smallest absolute Gasteiger partial charge is 0.0801 e. The SMILES string of the molecule is CCOCC(O)C1CCC2CCCCC2C1. The molecule has 2 aliphatic carbocycles. The average molecular weight is 226 g/mol. The Hall–Kier alpha value is -0.0800. The minimum atomic E-state index is -0.220. The molecular formula is C14H26O2. The molecule has 2 fully saturated rings. The van der Waals surface area contributed by atoms with E-state index in [0.717, 1.165) is 18.4 Å². The van der Waals surface area contributed by atoms with Crippen molar-refractivity contribution in [2.45, 2.75) is 58.0 Å². The summed E-state index contributed by atoms with van der Waals surface area (Å²) < 4.78 is 5.33. The Morgan fingerprint density at radius 2 is 1.88 bits per heavy atom. The maximum absolute atomic E-state index is 10.1. The lowest BCUT2D eigenvalue weighted by Gasteiger charge is -2.40. The van der Waals surface area contributed by atoms with Crippen LogP contribution in [0.25, 0.3) is 0 Å². The van der Waals surface area contributed by atoms with Crippen molar-refractivity contribution < 1.29 is 9.84 Å². The first-order valence-electron chi connectivity index (χ1n) is 7.07. The average Bonchev–Trinajstić information content (AvgIpc) is 2.35. The fourth-order valence-corrected chi connectivity index (χ4v) is 3.63. The van der Waals surface area contributed by atoms with E-state index < -0.39 is 0 Å². The van der Waals surface area contributed by atoms with Crippen molar-refractivity contribution in [1.29, 1.82) is 0 Å². The van der Waals surface area contributed by atoms with E-state index in [1.807, 2.05) is 6.92 Å². The van der Waals surface area contributed by atoms with Crippen LogP contribution in [0.15, 0.2) is 0 Å². The van der Waals surface area contributed by atoms with Crippen molar-refractivity contribution in [3.05, 3.63) is 0 Å². The summed E-state index contributed by atoms with van der Waals surface area (Å²) in [5.41, 5.74) is 0. The van der Waals surface area contributed by atoms with Crippen molar-refractivity contribution >= 4 is 0 Å². The number of aliphatic hydroxyl groups is 1. The van der Waals surface area contributed by atoms with Crippen LogP contribution in [0.4, 0.5) is 0 Å². The van der Waals surface area contributed by atoms with Crippen molar-refractivity contribution in [2.75, 3.05) is 13.2 Å². The van der Waals surface area contributed by atoms with Crippen LogP contribution in [0.5, 0.6) is 0 Å². The fourth-order valence-electron chi connectivity index (χ4n) is 3.63. The normalized spacial score (nSPS) is 36.8. The maximum Gasteiger partial charge on any atom is 0.0801 e. The highest BCUT2D eigenvalue weighted by Crippen LogP contribution is 2.43. The molecule has 94 valence electrons. The van der Waals surface area contributed by atoms with Crippen molar-refractivity contribution in [3.63, 3.8) is 0 Å². The molecule has 2 nitrogen and oxygen atoms in total. The summed E-state index contributed by atoms with van der Waals surface area (Å²) in [6, 6.07) is 0. The lowest BCUT2D eigenvalue weighted by atomic mass is 9.66. The number of fused-ring (bicyclic) bond motifs is 1. The third-order valence-electron chi connectivity index (χ3n) is 4.62. The highest BCUT2D eigenvalue weighted by Gasteiger charge is 2.34. The minimum Gasteiger partial charge on any atom is -0.390 e. The molecule has 0 heterocycles. The van der Waals surface area contributed by atoms with Gasteiger partial charge in [0.25, 0.3) is 0 Å². The fraction of sp³-hybridized carbons (Fsp3) is 1.00. The van der Waals surface area contributed by atoms with Gasteiger partial charge in [-0.25, -0.2) is 0 Å². The molecule has 1 N–H and O–H groups in total. The van der Waals surface area contributed by atoms with Crippen LogP contribution in [0, 0.1) is 17.8 Å². The lowest BCUT2D eigenvalue weighted by Crippen LogP contribution is -2.35. The summed E-state index contributed by atoms with van der Waals surface area (Å²) in [5, 5.41) is 10.1. The Balaban J connectivity index is 1.79. The summed E-state index contributed by atoms with van der Waals surface area (Å²) in [6.07, 6.45) is 9.29. The first-order chi connectivity index (χ1) is 7.81.